The molecule has 0 aliphatic rings. The normalized spacial score (nSPS) is 11.7. The number of hydrogen-bond acceptors (Lipinski definition) is 5. The first kappa shape index (κ1) is 21.2. The number of nitrogens with zero attached hydrogens (tertiary/aromatic N) is 8. The molecule has 0 N–H and O–H groups in total. The van der Waals surface area contributed by atoms with E-state index in [2.05, 4.69) is 88.1 Å². The highest BCUT2D eigenvalue weighted by atomic mass is 15.4. The monoisotopic (exact) mass is 464 g/mol. The molecule has 0 atom stereocenters. The van der Waals surface area contributed by atoms with Gasteiger partial charge in [-0.2, -0.15) is 0 Å². The summed E-state index contributed by atoms with van der Waals surface area (Å²) in [6.07, 6.45) is 0. The van der Waals surface area contributed by atoms with Crippen molar-refractivity contribution in [3.05, 3.63) is 72.8 Å². The molecule has 35 heavy (non-hydrogen) atoms. The average molecular weight is 465 g/mol. The van der Waals surface area contributed by atoms with Gasteiger partial charge in [0.05, 0.1) is 33.1 Å². The maximum absolute atomic E-state index is 5.00. The van der Waals surface area contributed by atoms with E-state index in [4.69, 9.17) is 15.0 Å². The minimum absolute atomic E-state index is 0.689. The Hall–Kier alpha value is -4.33. The number of likely N-dealkylation sites (N-methyl/N-ethyl adjacent to an activating group) is 1. The third kappa shape index (κ3) is 3.41. The van der Waals surface area contributed by atoms with E-state index in [0.717, 1.165) is 57.5 Å². The summed E-state index contributed by atoms with van der Waals surface area (Å²) in [4.78, 5) is 19.3. The highest BCUT2D eigenvalue weighted by Crippen LogP contribution is 2.30. The number of aryl methyl sites for hydroxylation is 3. The fourth-order valence-electron chi connectivity index (χ4n) is 4.86. The number of para-hydroxylation sites is 6. The lowest BCUT2D eigenvalue weighted by Gasteiger charge is -2.26. The first-order chi connectivity index (χ1) is 17.0. The molecule has 0 amide bonds. The predicted octanol–water partition coefficient (Wildman–Crippen LogP) is 4.62. The molecule has 3 aromatic heterocycles. The molecular weight excluding hydrogens is 436 g/mol. The first-order valence-corrected chi connectivity index (χ1v) is 11.8. The van der Waals surface area contributed by atoms with Crippen LogP contribution in [0.2, 0.25) is 0 Å². The topological polar surface area (TPSA) is 59.9 Å². The van der Waals surface area contributed by atoms with Gasteiger partial charge in [-0.3, -0.25) is 4.90 Å². The second-order valence-electron chi connectivity index (χ2n) is 8.95. The molecule has 6 rings (SSSR count). The Labute approximate surface area is 203 Å². The molecule has 0 aliphatic heterocycles. The summed E-state index contributed by atoms with van der Waals surface area (Å²) in [6.45, 7) is 1.43. The highest BCUT2D eigenvalue weighted by molar-refractivity contribution is 5.82. The van der Waals surface area contributed by atoms with Gasteiger partial charge in [0.25, 0.3) is 0 Å². The lowest BCUT2D eigenvalue weighted by molar-refractivity contribution is 0.750. The largest absolute Gasteiger partial charge is 0.344 e. The smallest absolute Gasteiger partial charge is 0.213 e. The van der Waals surface area contributed by atoms with Crippen molar-refractivity contribution in [2.45, 2.75) is 0 Å². The van der Waals surface area contributed by atoms with Gasteiger partial charge < -0.3 is 18.6 Å². The van der Waals surface area contributed by atoms with Gasteiger partial charge in [-0.05, 0) is 36.4 Å². The standard InChI is InChI=1S/C27H28N8/c1-31(25-28-19-11-5-8-14-22(19)32(25)2)17-18-35(26-29-20-12-6-9-15-23(20)33(26)3)27-30-21-13-7-10-16-24(21)34(27)4/h5-16H,17-18H2,1-4H3. The van der Waals surface area contributed by atoms with Crippen LogP contribution in [0.3, 0.4) is 0 Å². The number of anilines is 3. The maximum atomic E-state index is 5.00. The van der Waals surface area contributed by atoms with Crippen molar-refractivity contribution in [2.24, 2.45) is 21.1 Å². The molecule has 3 aromatic carbocycles. The molecular formula is C27H28N8. The van der Waals surface area contributed by atoms with Crippen LogP contribution < -0.4 is 9.80 Å². The molecule has 0 bridgehead atoms. The minimum Gasteiger partial charge on any atom is -0.344 e. The molecule has 176 valence electrons. The summed E-state index contributed by atoms with van der Waals surface area (Å²) < 4.78 is 6.43. The number of fused-ring (bicyclic) bond motifs is 3. The third-order valence-corrected chi connectivity index (χ3v) is 6.77. The molecule has 8 nitrogen and oxygen atoms in total. The summed E-state index contributed by atoms with van der Waals surface area (Å²) >= 11 is 0. The summed E-state index contributed by atoms with van der Waals surface area (Å²) in [6, 6.07) is 24.7. The van der Waals surface area contributed by atoms with Crippen LogP contribution in [0.5, 0.6) is 0 Å². The first-order valence-electron chi connectivity index (χ1n) is 11.8. The lowest BCUT2D eigenvalue weighted by atomic mass is 10.3. The van der Waals surface area contributed by atoms with Crippen LogP contribution in [-0.2, 0) is 21.1 Å². The maximum Gasteiger partial charge on any atom is 0.213 e. The van der Waals surface area contributed by atoms with Crippen molar-refractivity contribution in [3.63, 3.8) is 0 Å². The van der Waals surface area contributed by atoms with Crippen molar-refractivity contribution in [2.75, 3.05) is 29.9 Å². The minimum atomic E-state index is 0.689. The second kappa shape index (κ2) is 8.16. The highest BCUT2D eigenvalue weighted by Gasteiger charge is 2.23. The Kier molecular flexibility index (Phi) is 4.95. The van der Waals surface area contributed by atoms with Crippen LogP contribution in [0.25, 0.3) is 33.1 Å². The van der Waals surface area contributed by atoms with Gasteiger partial charge in [0, 0.05) is 41.3 Å². The third-order valence-electron chi connectivity index (χ3n) is 6.77. The zero-order chi connectivity index (χ0) is 24.1. The number of benzene rings is 3. The lowest BCUT2D eigenvalue weighted by Crippen LogP contribution is -2.34. The van der Waals surface area contributed by atoms with Gasteiger partial charge in [-0.15, -0.1) is 0 Å². The van der Waals surface area contributed by atoms with Gasteiger partial charge in [-0.1, -0.05) is 36.4 Å². The molecule has 0 fully saturated rings. The van der Waals surface area contributed by atoms with Crippen LogP contribution in [0.4, 0.5) is 17.8 Å². The summed E-state index contributed by atoms with van der Waals surface area (Å²) in [5.41, 5.74) is 6.25. The van der Waals surface area contributed by atoms with E-state index in [-0.39, 0.29) is 0 Å². The van der Waals surface area contributed by atoms with Crippen LogP contribution in [0.1, 0.15) is 0 Å². The number of rotatable bonds is 6. The molecule has 0 aliphatic carbocycles. The Morgan fingerprint density at radius 3 is 1.34 bits per heavy atom. The Balaban J connectivity index is 1.41. The number of imidazole rings is 3. The Morgan fingerprint density at radius 1 is 0.543 bits per heavy atom. The quantitative estimate of drug-likeness (QED) is 0.360. The number of aromatic nitrogens is 6. The Morgan fingerprint density at radius 2 is 0.914 bits per heavy atom. The van der Waals surface area contributed by atoms with Crippen LogP contribution in [0, 0.1) is 0 Å². The molecule has 0 unspecified atom stereocenters. The Bertz CT molecular complexity index is 1590. The molecule has 0 saturated carbocycles. The van der Waals surface area contributed by atoms with E-state index in [9.17, 15) is 0 Å². The van der Waals surface area contributed by atoms with Crippen LogP contribution >= 0.6 is 0 Å². The molecule has 8 heteroatoms. The fourth-order valence-corrected chi connectivity index (χ4v) is 4.86. The van der Waals surface area contributed by atoms with Crippen LogP contribution in [-0.4, -0.2) is 48.8 Å². The average Bonchev–Trinajstić information content (AvgIpc) is 3.52. The summed E-state index contributed by atoms with van der Waals surface area (Å²) in [7, 11) is 8.28. The molecule has 0 spiro atoms. The molecule has 0 radical (unpaired) electrons. The van der Waals surface area contributed by atoms with E-state index in [1.807, 2.05) is 36.4 Å². The van der Waals surface area contributed by atoms with Gasteiger partial charge in [0.2, 0.25) is 17.8 Å². The second-order valence-corrected chi connectivity index (χ2v) is 8.95. The van der Waals surface area contributed by atoms with E-state index >= 15 is 0 Å². The van der Waals surface area contributed by atoms with Crippen molar-refractivity contribution >= 4 is 50.9 Å². The van der Waals surface area contributed by atoms with Gasteiger partial charge in [0.1, 0.15) is 0 Å². The summed E-state index contributed by atoms with van der Waals surface area (Å²) in [5.74, 6) is 2.66. The van der Waals surface area contributed by atoms with E-state index < -0.39 is 0 Å². The summed E-state index contributed by atoms with van der Waals surface area (Å²) in [5, 5.41) is 0. The van der Waals surface area contributed by atoms with E-state index in [0.29, 0.717) is 6.54 Å². The predicted molar refractivity (Wildman–Crippen MR) is 142 cm³/mol. The zero-order valence-corrected chi connectivity index (χ0v) is 20.4. The fraction of sp³-hybridized carbons (Fsp3) is 0.222. The van der Waals surface area contributed by atoms with Crippen LogP contribution in [0.15, 0.2) is 72.8 Å². The van der Waals surface area contributed by atoms with Gasteiger partial charge >= 0.3 is 0 Å². The van der Waals surface area contributed by atoms with Gasteiger partial charge in [-0.25, -0.2) is 15.0 Å². The van der Waals surface area contributed by atoms with E-state index in [1.54, 1.807) is 0 Å². The molecule has 3 heterocycles. The molecule has 0 saturated heterocycles. The number of hydrogen-bond donors (Lipinski definition) is 0. The molecule has 6 aromatic rings. The van der Waals surface area contributed by atoms with E-state index in [1.165, 1.54) is 0 Å². The zero-order valence-electron chi connectivity index (χ0n) is 20.4. The SMILES string of the molecule is CN(CCN(c1nc2ccccc2n1C)c1nc2ccccc2n1C)c1nc2ccccc2n1C. The van der Waals surface area contributed by atoms with Crippen molar-refractivity contribution in [3.8, 4) is 0 Å². The van der Waals surface area contributed by atoms with Crippen molar-refractivity contribution < 1.29 is 0 Å². The van der Waals surface area contributed by atoms with Gasteiger partial charge in [0.15, 0.2) is 0 Å². The van der Waals surface area contributed by atoms with Crippen molar-refractivity contribution in [1.29, 1.82) is 0 Å². The van der Waals surface area contributed by atoms with Crippen molar-refractivity contribution in [1.82, 2.24) is 28.7 Å².